The van der Waals surface area contributed by atoms with E-state index in [1.165, 1.54) is 32.1 Å². The highest BCUT2D eigenvalue weighted by Gasteiger charge is 2.47. The van der Waals surface area contributed by atoms with E-state index in [4.69, 9.17) is 5.26 Å². The molecule has 0 amide bonds. The minimum absolute atomic E-state index is 0.632. The van der Waals surface area contributed by atoms with Crippen LogP contribution in [0, 0.1) is 46.8 Å². The fourth-order valence-corrected chi connectivity index (χ4v) is 5.13. The van der Waals surface area contributed by atoms with Crippen LogP contribution in [0.25, 0.3) is 0 Å². The van der Waals surface area contributed by atoms with Crippen LogP contribution >= 0.6 is 0 Å². The number of hydrogen-bond donors (Lipinski definition) is 0. The summed E-state index contributed by atoms with van der Waals surface area (Å²) >= 11 is 0. The molecule has 0 aliphatic heterocycles. The molecule has 0 aromatic carbocycles. The predicted molar refractivity (Wildman–Crippen MR) is 64.5 cm³/mol. The average Bonchev–Trinajstić information content (AvgIpc) is 2.23. The zero-order valence-corrected chi connectivity index (χ0v) is 10.4. The summed E-state index contributed by atoms with van der Waals surface area (Å²) in [5.41, 5.74) is 0. The Morgan fingerprint density at radius 2 is 1.62 bits per heavy atom. The van der Waals surface area contributed by atoms with Crippen molar-refractivity contribution < 1.29 is 0 Å². The van der Waals surface area contributed by atoms with E-state index in [2.05, 4.69) is 13.0 Å². The fraction of sp³-hybridized carbons (Fsp3) is 0.933. The molecule has 0 aromatic heterocycles. The van der Waals surface area contributed by atoms with Crippen LogP contribution in [0.4, 0.5) is 0 Å². The van der Waals surface area contributed by atoms with Crippen molar-refractivity contribution in [3.63, 3.8) is 0 Å². The summed E-state index contributed by atoms with van der Waals surface area (Å²) in [5, 5.41) is 8.77. The summed E-state index contributed by atoms with van der Waals surface area (Å²) < 4.78 is 0. The molecule has 4 rings (SSSR count). The Kier molecular flexibility index (Phi) is 2.70. The molecule has 4 bridgehead atoms. The van der Waals surface area contributed by atoms with Crippen LogP contribution in [0.15, 0.2) is 0 Å². The summed E-state index contributed by atoms with van der Waals surface area (Å²) in [6.45, 7) is 2.27. The molecule has 4 aliphatic rings. The second kappa shape index (κ2) is 4.06. The molecule has 4 aliphatic carbocycles. The van der Waals surface area contributed by atoms with Gasteiger partial charge < -0.3 is 0 Å². The van der Waals surface area contributed by atoms with Crippen molar-refractivity contribution in [3.05, 3.63) is 0 Å². The van der Waals surface area contributed by atoms with E-state index in [0.29, 0.717) is 5.92 Å². The number of nitrogens with zero attached hydrogens (tertiary/aromatic N) is 1. The fourth-order valence-electron chi connectivity index (χ4n) is 5.13. The Hall–Kier alpha value is -0.510. The highest BCUT2D eigenvalue weighted by Crippen LogP contribution is 2.57. The molecule has 1 heteroatoms. The van der Waals surface area contributed by atoms with Gasteiger partial charge >= 0.3 is 0 Å². The van der Waals surface area contributed by atoms with Crippen LogP contribution in [-0.2, 0) is 0 Å². The maximum atomic E-state index is 8.77. The summed E-state index contributed by atoms with van der Waals surface area (Å²) in [4.78, 5) is 0. The third-order valence-corrected chi connectivity index (χ3v) is 5.54. The van der Waals surface area contributed by atoms with Crippen molar-refractivity contribution >= 4 is 0 Å². The van der Waals surface area contributed by atoms with Crippen molar-refractivity contribution in [2.45, 2.75) is 51.9 Å². The van der Waals surface area contributed by atoms with Gasteiger partial charge in [-0.3, -0.25) is 0 Å². The number of rotatable bonds is 3. The van der Waals surface area contributed by atoms with E-state index in [0.717, 1.165) is 36.0 Å². The summed E-state index contributed by atoms with van der Waals surface area (Å²) in [7, 11) is 0. The smallest absolute Gasteiger partial charge is 0.0624 e. The molecule has 0 heterocycles. The van der Waals surface area contributed by atoms with Crippen LogP contribution in [0.2, 0.25) is 0 Å². The van der Waals surface area contributed by atoms with Crippen molar-refractivity contribution in [2.24, 2.45) is 35.5 Å². The molecule has 4 saturated carbocycles. The largest absolute Gasteiger partial charge is 0.198 e. The van der Waals surface area contributed by atoms with E-state index < -0.39 is 0 Å². The molecule has 16 heavy (non-hydrogen) atoms. The van der Waals surface area contributed by atoms with Crippen LogP contribution in [0.5, 0.6) is 0 Å². The first kappa shape index (κ1) is 10.6. The lowest BCUT2D eigenvalue weighted by molar-refractivity contribution is -0.0446. The molecule has 1 atom stereocenters. The summed E-state index contributed by atoms with van der Waals surface area (Å²) in [6.07, 6.45) is 9.75. The first-order chi connectivity index (χ1) is 7.76. The Labute approximate surface area is 99.2 Å². The van der Waals surface area contributed by atoms with Crippen molar-refractivity contribution in [1.29, 1.82) is 5.26 Å². The normalized spacial score (nSPS) is 46.6. The topological polar surface area (TPSA) is 23.8 Å². The highest BCUT2D eigenvalue weighted by molar-refractivity contribution is 4.98. The average molecular weight is 217 g/mol. The van der Waals surface area contributed by atoms with Gasteiger partial charge in [0.1, 0.15) is 0 Å². The molecular formula is C15H23N. The van der Waals surface area contributed by atoms with E-state index in [1.54, 1.807) is 6.42 Å². The quantitative estimate of drug-likeness (QED) is 0.701. The van der Waals surface area contributed by atoms with Gasteiger partial charge in [-0.2, -0.15) is 5.26 Å². The monoisotopic (exact) mass is 217 g/mol. The maximum Gasteiger partial charge on any atom is 0.0624 e. The van der Waals surface area contributed by atoms with Crippen LogP contribution in [-0.4, -0.2) is 0 Å². The second-order valence-electron chi connectivity index (χ2n) is 6.80. The molecule has 88 valence electrons. The van der Waals surface area contributed by atoms with Crippen LogP contribution in [0.1, 0.15) is 51.9 Å². The Morgan fingerprint density at radius 3 is 2.12 bits per heavy atom. The first-order valence-corrected chi connectivity index (χ1v) is 7.13. The van der Waals surface area contributed by atoms with Crippen LogP contribution < -0.4 is 0 Å². The SMILES string of the molecule is CC(CC#N)CC1C2CC3CC(C2)CC1C3. The highest BCUT2D eigenvalue weighted by atomic mass is 14.5. The van der Waals surface area contributed by atoms with Gasteiger partial charge in [-0.05, 0) is 74.0 Å². The van der Waals surface area contributed by atoms with Gasteiger partial charge in [0.15, 0.2) is 0 Å². The van der Waals surface area contributed by atoms with Gasteiger partial charge in [0.2, 0.25) is 0 Å². The molecule has 1 nitrogen and oxygen atoms in total. The molecule has 0 aromatic rings. The molecule has 1 unspecified atom stereocenters. The van der Waals surface area contributed by atoms with E-state index in [9.17, 15) is 0 Å². The lowest BCUT2D eigenvalue weighted by Gasteiger charge is -2.55. The number of nitriles is 1. The van der Waals surface area contributed by atoms with Crippen molar-refractivity contribution in [2.75, 3.05) is 0 Å². The van der Waals surface area contributed by atoms with E-state index >= 15 is 0 Å². The first-order valence-electron chi connectivity index (χ1n) is 7.13. The van der Waals surface area contributed by atoms with Crippen molar-refractivity contribution in [3.8, 4) is 6.07 Å². The minimum Gasteiger partial charge on any atom is -0.198 e. The van der Waals surface area contributed by atoms with Gasteiger partial charge in [0, 0.05) is 6.42 Å². The minimum atomic E-state index is 0.632. The van der Waals surface area contributed by atoms with Crippen LogP contribution in [0.3, 0.4) is 0 Å². The third-order valence-electron chi connectivity index (χ3n) is 5.54. The zero-order valence-electron chi connectivity index (χ0n) is 10.4. The van der Waals surface area contributed by atoms with Gasteiger partial charge in [-0.15, -0.1) is 0 Å². The molecule has 0 spiro atoms. The van der Waals surface area contributed by atoms with E-state index in [1.807, 2.05) is 0 Å². The van der Waals surface area contributed by atoms with Gasteiger partial charge in [0.25, 0.3) is 0 Å². The third kappa shape index (κ3) is 1.77. The lowest BCUT2D eigenvalue weighted by atomic mass is 9.51. The van der Waals surface area contributed by atoms with E-state index in [-0.39, 0.29) is 0 Å². The Bertz CT molecular complexity index is 273. The molecule has 0 N–H and O–H groups in total. The molecular weight excluding hydrogens is 194 g/mol. The molecule has 4 fully saturated rings. The van der Waals surface area contributed by atoms with Gasteiger partial charge in [0.05, 0.1) is 6.07 Å². The Balaban J connectivity index is 1.66. The second-order valence-corrected chi connectivity index (χ2v) is 6.80. The number of hydrogen-bond acceptors (Lipinski definition) is 1. The summed E-state index contributed by atoms with van der Waals surface area (Å²) in [5.74, 6) is 5.87. The molecule has 0 radical (unpaired) electrons. The molecule has 0 saturated heterocycles. The maximum absolute atomic E-state index is 8.77. The van der Waals surface area contributed by atoms with Gasteiger partial charge in [-0.1, -0.05) is 6.92 Å². The lowest BCUT2D eigenvalue weighted by Crippen LogP contribution is -2.45. The standard InChI is InChI=1S/C15H23N/c1-10(2-3-16)4-15-13-6-11-5-12(8-13)9-14(15)7-11/h10-15H,2,4-9H2,1H3. The van der Waals surface area contributed by atoms with Crippen molar-refractivity contribution in [1.82, 2.24) is 0 Å². The summed E-state index contributed by atoms with van der Waals surface area (Å²) in [6, 6.07) is 2.34. The zero-order chi connectivity index (χ0) is 11.1. The Morgan fingerprint density at radius 1 is 1.06 bits per heavy atom. The predicted octanol–water partition coefficient (Wildman–Crippen LogP) is 4.00. The van der Waals surface area contributed by atoms with Gasteiger partial charge in [-0.25, -0.2) is 0 Å².